The number of nitrogens with two attached hydrogens (primary N) is 1. The SMILES string of the molecule is Cc1cnc(S(N)(=O)=O)s1. The van der Waals surface area contributed by atoms with Gasteiger partial charge in [-0.25, -0.2) is 18.5 Å². The summed E-state index contributed by atoms with van der Waals surface area (Å²) in [5.41, 5.74) is 0. The lowest BCUT2D eigenvalue weighted by molar-refractivity contribution is 0.597. The molecule has 2 N–H and O–H groups in total. The number of thiazole rings is 1. The van der Waals surface area contributed by atoms with E-state index in [-0.39, 0.29) is 4.34 Å². The maximum Gasteiger partial charge on any atom is 0.265 e. The van der Waals surface area contributed by atoms with E-state index in [1.165, 1.54) is 6.20 Å². The third-order valence-corrected chi connectivity index (χ3v) is 3.09. The number of aryl methyl sites for hydroxylation is 1. The van der Waals surface area contributed by atoms with Gasteiger partial charge in [0.15, 0.2) is 0 Å². The predicted molar refractivity (Wildman–Crippen MR) is 38.2 cm³/mol. The molecule has 0 saturated heterocycles. The highest BCUT2D eigenvalue weighted by atomic mass is 32.2. The van der Waals surface area contributed by atoms with Crippen molar-refractivity contribution in [1.29, 1.82) is 0 Å². The van der Waals surface area contributed by atoms with Gasteiger partial charge in [0, 0.05) is 11.1 Å². The lowest BCUT2D eigenvalue weighted by Crippen LogP contribution is -2.11. The third-order valence-electron chi connectivity index (χ3n) is 0.843. The summed E-state index contributed by atoms with van der Waals surface area (Å²) >= 11 is 1.07. The molecular formula is C4H6N2O2S2. The van der Waals surface area contributed by atoms with Crippen molar-refractivity contribution in [3.05, 3.63) is 11.1 Å². The maximum absolute atomic E-state index is 10.6. The molecule has 0 fully saturated rings. The minimum absolute atomic E-state index is 0.0231. The van der Waals surface area contributed by atoms with Crippen LogP contribution >= 0.6 is 11.3 Å². The average molecular weight is 178 g/mol. The summed E-state index contributed by atoms with van der Waals surface area (Å²) in [5, 5.41) is 4.79. The van der Waals surface area contributed by atoms with Gasteiger partial charge in [0.1, 0.15) is 0 Å². The van der Waals surface area contributed by atoms with E-state index in [0.717, 1.165) is 16.2 Å². The van der Waals surface area contributed by atoms with Gasteiger partial charge < -0.3 is 0 Å². The van der Waals surface area contributed by atoms with Gasteiger partial charge >= 0.3 is 0 Å². The van der Waals surface area contributed by atoms with Crippen LogP contribution < -0.4 is 5.14 Å². The Balaban J connectivity index is 3.21. The van der Waals surface area contributed by atoms with Crippen LogP contribution in [0.25, 0.3) is 0 Å². The number of hydrogen-bond donors (Lipinski definition) is 1. The van der Waals surface area contributed by atoms with E-state index in [9.17, 15) is 8.42 Å². The zero-order chi connectivity index (χ0) is 7.78. The Bertz CT molecular complexity index is 327. The van der Waals surface area contributed by atoms with Crippen LogP contribution in [0.3, 0.4) is 0 Å². The Morgan fingerprint density at radius 2 is 2.30 bits per heavy atom. The first-order valence-corrected chi connectivity index (χ1v) is 4.81. The van der Waals surface area contributed by atoms with Crippen molar-refractivity contribution >= 4 is 21.4 Å². The summed E-state index contributed by atoms with van der Waals surface area (Å²) in [6.45, 7) is 1.77. The quantitative estimate of drug-likeness (QED) is 0.662. The Kier molecular flexibility index (Phi) is 1.76. The molecule has 1 aromatic rings. The van der Waals surface area contributed by atoms with E-state index in [0.29, 0.717) is 0 Å². The smallest absolute Gasteiger partial charge is 0.232 e. The van der Waals surface area contributed by atoms with E-state index in [4.69, 9.17) is 5.14 Å². The van der Waals surface area contributed by atoms with Crippen LogP contribution in [-0.2, 0) is 10.0 Å². The number of rotatable bonds is 1. The molecule has 0 unspecified atom stereocenters. The molecule has 0 bridgehead atoms. The molecule has 56 valence electrons. The van der Waals surface area contributed by atoms with E-state index in [2.05, 4.69) is 4.98 Å². The molecule has 0 aliphatic rings. The zero-order valence-corrected chi connectivity index (χ0v) is 6.87. The molecule has 0 saturated carbocycles. The highest BCUT2D eigenvalue weighted by molar-refractivity contribution is 7.91. The van der Waals surface area contributed by atoms with Gasteiger partial charge in [-0.2, -0.15) is 0 Å². The third kappa shape index (κ3) is 1.53. The molecule has 0 aromatic carbocycles. The fraction of sp³-hybridized carbons (Fsp3) is 0.250. The highest BCUT2D eigenvalue weighted by Crippen LogP contribution is 2.14. The van der Waals surface area contributed by atoms with Crippen molar-refractivity contribution < 1.29 is 8.42 Å². The number of primary sulfonamides is 1. The lowest BCUT2D eigenvalue weighted by atomic mass is 10.7. The monoisotopic (exact) mass is 178 g/mol. The van der Waals surface area contributed by atoms with Crippen molar-refractivity contribution in [2.75, 3.05) is 0 Å². The molecule has 0 aliphatic heterocycles. The van der Waals surface area contributed by atoms with Crippen molar-refractivity contribution in [3.63, 3.8) is 0 Å². The lowest BCUT2D eigenvalue weighted by Gasteiger charge is -1.85. The van der Waals surface area contributed by atoms with Crippen LogP contribution in [0.4, 0.5) is 0 Å². The number of hydrogen-bond acceptors (Lipinski definition) is 4. The second-order valence-electron chi connectivity index (χ2n) is 1.78. The summed E-state index contributed by atoms with van der Waals surface area (Å²) in [6.07, 6.45) is 1.48. The number of sulfonamides is 1. The molecule has 0 amide bonds. The van der Waals surface area contributed by atoms with Crippen molar-refractivity contribution in [1.82, 2.24) is 4.98 Å². The normalized spacial score (nSPS) is 11.8. The molecule has 0 spiro atoms. The Morgan fingerprint density at radius 3 is 2.50 bits per heavy atom. The maximum atomic E-state index is 10.6. The summed E-state index contributed by atoms with van der Waals surface area (Å²) in [5.74, 6) is 0. The Labute approximate surface area is 62.8 Å². The van der Waals surface area contributed by atoms with Crippen molar-refractivity contribution in [2.45, 2.75) is 11.3 Å². The van der Waals surface area contributed by atoms with Crippen LogP contribution in [-0.4, -0.2) is 13.4 Å². The van der Waals surface area contributed by atoms with E-state index in [1.54, 1.807) is 6.92 Å². The largest absolute Gasteiger partial charge is 0.265 e. The summed E-state index contributed by atoms with van der Waals surface area (Å²) in [4.78, 5) is 4.43. The second kappa shape index (κ2) is 2.30. The topological polar surface area (TPSA) is 73.0 Å². The van der Waals surface area contributed by atoms with Gasteiger partial charge in [-0.15, -0.1) is 11.3 Å². The van der Waals surface area contributed by atoms with Crippen LogP contribution in [0.5, 0.6) is 0 Å². The molecule has 0 atom stereocenters. The van der Waals surface area contributed by atoms with E-state index in [1.807, 2.05) is 0 Å². The van der Waals surface area contributed by atoms with Gasteiger partial charge in [0.2, 0.25) is 4.34 Å². The summed E-state index contributed by atoms with van der Waals surface area (Å²) in [6, 6.07) is 0. The van der Waals surface area contributed by atoms with Gasteiger partial charge in [0.05, 0.1) is 0 Å². The van der Waals surface area contributed by atoms with Gasteiger partial charge in [-0.05, 0) is 6.92 Å². The van der Waals surface area contributed by atoms with E-state index < -0.39 is 10.0 Å². The van der Waals surface area contributed by atoms with Crippen LogP contribution in [0.1, 0.15) is 4.88 Å². The Morgan fingerprint density at radius 1 is 1.70 bits per heavy atom. The van der Waals surface area contributed by atoms with E-state index >= 15 is 0 Å². The van der Waals surface area contributed by atoms with Crippen LogP contribution in [0, 0.1) is 6.92 Å². The van der Waals surface area contributed by atoms with Crippen molar-refractivity contribution in [3.8, 4) is 0 Å². The van der Waals surface area contributed by atoms with Gasteiger partial charge in [-0.1, -0.05) is 0 Å². The zero-order valence-electron chi connectivity index (χ0n) is 5.23. The number of aromatic nitrogens is 1. The van der Waals surface area contributed by atoms with Crippen LogP contribution in [0.15, 0.2) is 10.5 Å². The fourth-order valence-corrected chi connectivity index (χ4v) is 2.01. The second-order valence-corrected chi connectivity index (χ2v) is 4.75. The molecule has 6 heteroatoms. The first-order chi connectivity index (χ1) is 4.50. The minimum atomic E-state index is -3.57. The predicted octanol–water partition coefficient (Wildman–Crippen LogP) is 0.0989. The molecule has 1 aromatic heterocycles. The standard InChI is InChI=1S/C4H6N2O2S2/c1-3-2-6-4(9-3)10(5,7)8/h2H,1H3,(H2,5,7,8). The molecule has 4 nitrogen and oxygen atoms in total. The molecule has 0 radical (unpaired) electrons. The van der Waals surface area contributed by atoms with Crippen LogP contribution in [0.2, 0.25) is 0 Å². The highest BCUT2D eigenvalue weighted by Gasteiger charge is 2.10. The molecule has 1 rings (SSSR count). The van der Waals surface area contributed by atoms with Gasteiger partial charge in [-0.3, -0.25) is 0 Å². The minimum Gasteiger partial charge on any atom is -0.232 e. The summed E-state index contributed by atoms with van der Waals surface area (Å²) < 4.78 is 21.1. The molecule has 10 heavy (non-hydrogen) atoms. The first-order valence-electron chi connectivity index (χ1n) is 2.45. The molecule has 0 aliphatic carbocycles. The Hall–Kier alpha value is -0.460. The van der Waals surface area contributed by atoms with Crippen molar-refractivity contribution in [2.24, 2.45) is 5.14 Å². The first kappa shape index (κ1) is 7.64. The fourth-order valence-electron chi connectivity index (χ4n) is 0.466. The average Bonchev–Trinajstić information content (AvgIpc) is 2.11. The van der Waals surface area contributed by atoms with Gasteiger partial charge in [0.25, 0.3) is 10.0 Å². The summed E-state index contributed by atoms with van der Waals surface area (Å²) in [7, 11) is -3.57. The molecular weight excluding hydrogens is 172 g/mol. The molecule has 1 heterocycles. The number of nitrogens with zero attached hydrogens (tertiary/aromatic N) is 1.